The predicted molar refractivity (Wildman–Crippen MR) is 261 cm³/mol. The van der Waals surface area contributed by atoms with Crippen LogP contribution in [0.2, 0.25) is 10.0 Å². The number of benzene rings is 4. The Labute approximate surface area is 395 Å². The maximum atomic E-state index is 13.4. The number of pyridine rings is 2. The summed E-state index contributed by atoms with van der Waals surface area (Å²) in [7, 11) is 3.23. The Morgan fingerprint density at radius 3 is 1.66 bits per heavy atom. The van der Waals surface area contributed by atoms with Gasteiger partial charge in [-0.3, -0.25) is 28.7 Å². The summed E-state index contributed by atoms with van der Waals surface area (Å²) in [6.45, 7) is 1.03. The van der Waals surface area contributed by atoms with Gasteiger partial charge in [-0.1, -0.05) is 96.0 Å². The number of aromatic nitrogens is 6. The number of hydrogen-bond donors (Lipinski definition) is 3. The monoisotopic (exact) mass is 943 g/mol. The van der Waals surface area contributed by atoms with Crippen LogP contribution in [0.3, 0.4) is 0 Å². The van der Waals surface area contributed by atoms with Gasteiger partial charge < -0.3 is 16.4 Å². The molecule has 4 heterocycles. The number of aryl methyl sites for hydroxylation is 1. The molecule has 8 aromatic rings. The minimum atomic E-state index is -4.54. The number of nitrogens with two attached hydrogens (primary N) is 1. The second-order valence-corrected chi connectivity index (χ2v) is 16.5. The zero-order valence-corrected chi connectivity index (χ0v) is 38.0. The van der Waals surface area contributed by atoms with E-state index in [0.29, 0.717) is 57.9 Å². The average Bonchev–Trinajstić information content (AvgIpc) is 3.33. The highest BCUT2D eigenvalue weighted by Crippen LogP contribution is 2.35. The van der Waals surface area contributed by atoms with Crippen LogP contribution in [-0.4, -0.2) is 48.2 Å². The van der Waals surface area contributed by atoms with Gasteiger partial charge in [0.2, 0.25) is 11.9 Å². The van der Waals surface area contributed by atoms with Crippen molar-refractivity contribution in [2.24, 2.45) is 19.8 Å². The molecule has 0 saturated carbocycles. The minimum Gasteiger partial charge on any atom is -0.356 e. The Hall–Kier alpha value is -7.13. The van der Waals surface area contributed by atoms with E-state index in [9.17, 15) is 22.8 Å². The second-order valence-electron chi connectivity index (χ2n) is 15.6. The number of anilines is 2. The van der Waals surface area contributed by atoms with Crippen LogP contribution >= 0.6 is 23.2 Å². The minimum absolute atomic E-state index is 0.0731. The van der Waals surface area contributed by atoms with Gasteiger partial charge in [-0.05, 0) is 96.1 Å². The molecular formula is C51H46Cl2F3N9O2. The van der Waals surface area contributed by atoms with E-state index in [4.69, 9.17) is 33.9 Å². The summed E-state index contributed by atoms with van der Waals surface area (Å²) < 4.78 is 42.9. The summed E-state index contributed by atoms with van der Waals surface area (Å²) in [6, 6.07) is 36.6. The number of halogens is 5. The number of alkyl halides is 3. The molecule has 0 aliphatic rings. The molecule has 4 aromatic heterocycles. The van der Waals surface area contributed by atoms with E-state index in [1.54, 1.807) is 49.8 Å². The lowest BCUT2D eigenvalue weighted by atomic mass is 9.99. The molecule has 0 spiro atoms. The van der Waals surface area contributed by atoms with Crippen molar-refractivity contribution in [3.8, 4) is 44.8 Å². The molecule has 8 rings (SSSR count). The van der Waals surface area contributed by atoms with Gasteiger partial charge in [0.1, 0.15) is 0 Å². The third-order valence-corrected chi connectivity index (χ3v) is 11.2. The molecule has 4 N–H and O–H groups in total. The average molecular weight is 945 g/mol. The van der Waals surface area contributed by atoms with Gasteiger partial charge >= 0.3 is 6.18 Å². The third-order valence-electron chi connectivity index (χ3n) is 10.7. The van der Waals surface area contributed by atoms with Crippen molar-refractivity contribution in [3.63, 3.8) is 0 Å². The molecule has 0 aliphatic carbocycles. The zero-order chi connectivity index (χ0) is 47.5. The summed E-state index contributed by atoms with van der Waals surface area (Å²) in [5.74, 6) is 0.771. The molecule has 0 bridgehead atoms. The van der Waals surface area contributed by atoms with Crippen LogP contribution in [0.5, 0.6) is 0 Å². The van der Waals surface area contributed by atoms with Crippen molar-refractivity contribution in [1.82, 2.24) is 29.1 Å². The van der Waals surface area contributed by atoms with Crippen molar-refractivity contribution in [3.05, 3.63) is 200 Å². The standard InChI is InChI=1S/C26H24F3N5O.C25H22Cl2N4O/c1-34-24(35)22(19-8-5-9-20(15-19)26(27,28)29)23(18-10-12-31-13-11-18)33-25(34)32-16-21(30)14-17-6-3-2-4-7-17;1-31-24(32)22(19-14-20(26)16-21(27)15-19)23(18-9-12-28-13-10-18)30-25(31)29-11-5-8-17-6-3-2-4-7-17/h2-13,15,21H,14,16,30H2,1H3,(H,32,33);2-4,6-7,9-10,12-16H,5,8,11H2,1H3,(H,29,30)/t21-;/m0./s1. The quantitative estimate of drug-likeness (QED) is 0.0907. The molecule has 0 radical (unpaired) electrons. The lowest BCUT2D eigenvalue weighted by Crippen LogP contribution is -2.34. The van der Waals surface area contributed by atoms with Gasteiger partial charge in [0.15, 0.2) is 0 Å². The van der Waals surface area contributed by atoms with Crippen LogP contribution in [0.15, 0.2) is 162 Å². The van der Waals surface area contributed by atoms with Gasteiger partial charge in [-0.2, -0.15) is 13.2 Å². The van der Waals surface area contributed by atoms with E-state index in [-0.39, 0.29) is 34.4 Å². The number of nitrogens with zero attached hydrogens (tertiary/aromatic N) is 6. The lowest BCUT2D eigenvalue weighted by Gasteiger charge is -2.18. The van der Waals surface area contributed by atoms with Crippen molar-refractivity contribution in [2.75, 3.05) is 23.7 Å². The van der Waals surface area contributed by atoms with Crippen LogP contribution in [0.4, 0.5) is 25.1 Å². The predicted octanol–water partition coefficient (Wildman–Crippen LogP) is 10.4. The SMILES string of the molecule is Cn1c(NCCCc2ccccc2)nc(-c2ccncc2)c(-c2cc(Cl)cc(Cl)c2)c1=O.Cn1c(NC[C@@H](N)Cc2ccccc2)nc(-c2ccncc2)c(-c2cccc(C(F)(F)F)c2)c1=O. The molecule has 0 fully saturated rings. The normalized spacial score (nSPS) is 11.6. The van der Waals surface area contributed by atoms with E-state index in [1.165, 1.54) is 46.3 Å². The maximum absolute atomic E-state index is 13.4. The van der Waals surface area contributed by atoms with Gasteiger partial charge in [-0.25, -0.2) is 9.97 Å². The van der Waals surface area contributed by atoms with E-state index < -0.39 is 17.3 Å². The topological polar surface area (TPSA) is 146 Å². The Bertz CT molecular complexity index is 3030. The molecule has 16 heteroatoms. The highest BCUT2D eigenvalue weighted by Gasteiger charge is 2.31. The summed E-state index contributed by atoms with van der Waals surface area (Å²) in [5, 5.41) is 7.36. The van der Waals surface area contributed by atoms with Crippen LogP contribution in [0.25, 0.3) is 44.8 Å². The molecule has 4 aromatic carbocycles. The fourth-order valence-corrected chi connectivity index (χ4v) is 7.90. The van der Waals surface area contributed by atoms with Crippen LogP contribution in [0, 0.1) is 0 Å². The summed E-state index contributed by atoms with van der Waals surface area (Å²) in [4.78, 5) is 44.4. The molecule has 1 atom stereocenters. The highest BCUT2D eigenvalue weighted by molar-refractivity contribution is 6.35. The molecular weight excluding hydrogens is 899 g/mol. The Kier molecular flexibility index (Phi) is 15.6. The molecule has 0 saturated heterocycles. The number of rotatable bonds is 14. The van der Waals surface area contributed by atoms with Crippen molar-refractivity contribution < 1.29 is 13.2 Å². The fraction of sp³-hybridized carbons (Fsp3) is 0.176. The number of hydrogen-bond acceptors (Lipinski definition) is 9. The summed E-state index contributed by atoms with van der Waals surface area (Å²) in [6.07, 6.45) is 4.37. The van der Waals surface area contributed by atoms with E-state index >= 15 is 0 Å². The molecule has 0 unspecified atom stereocenters. The van der Waals surface area contributed by atoms with E-state index in [0.717, 1.165) is 36.1 Å². The first kappa shape index (κ1) is 47.8. The molecule has 67 heavy (non-hydrogen) atoms. The zero-order valence-electron chi connectivity index (χ0n) is 36.5. The van der Waals surface area contributed by atoms with E-state index in [2.05, 4.69) is 37.7 Å². The van der Waals surface area contributed by atoms with E-state index in [1.807, 2.05) is 60.7 Å². The molecule has 0 aliphatic heterocycles. The summed E-state index contributed by atoms with van der Waals surface area (Å²) >= 11 is 12.4. The second kappa shape index (κ2) is 21.9. The largest absolute Gasteiger partial charge is 0.416 e. The first-order chi connectivity index (χ1) is 32.3. The van der Waals surface area contributed by atoms with Gasteiger partial charge in [0, 0.05) is 79.2 Å². The van der Waals surface area contributed by atoms with Crippen molar-refractivity contribution >= 4 is 35.1 Å². The fourth-order valence-electron chi connectivity index (χ4n) is 7.38. The maximum Gasteiger partial charge on any atom is 0.416 e. The Morgan fingerprint density at radius 1 is 0.612 bits per heavy atom. The highest BCUT2D eigenvalue weighted by atomic mass is 35.5. The summed E-state index contributed by atoms with van der Waals surface area (Å²) in [5.41, 5.74) is 10.6. The number of nitrogens with one attached hydrogen (secondary N) is 2. The van der Waals surface area contributed by atoms with Crippen LogP contribution in [-0.2, 0) is 33.1 Å². The first-order valence-corrected chi connectivity index (χ1v) is 22.0. The molecule has 0 amide bonds. The van der Waals surface area contributed by atoms with Gasteiger partial charge in [-0.15, -0.1) is 0 Å². The van der Waals surface area contributed by atoms with Gasteiger partial charge in [0.25, 0.3) is 11.1 Å². The van der Waals surface area contributed by atoms with Crippen molar-refractivity contribution in [1.29, 1.82) is 0 Å². The Morgan fingerprint density at radius 2 is 1.12 bits per heavy atom. The van der Waals surface area contributed by atoms with Crippen LogP contribution in [0.1, 0.15) is 23.1 Å². The molecule has 11 nitrogen and oxygen atoms in total. The first-order valence-electron chi connectivity index (χ1n) is 21.2. The van der Waals surface area contributed by atoms with Crippen LogP contribution < -0.4 is 27.5 Å². The Balaban J connectivity index is 0.000000200. The smallest absolute Gasteiger partial charge is 0.356 e. The lowest BCUT2D eigenvalue weighted by molar-refractivity contribution is -0.137. The molecule has 342 valence electrons. The third kappa shape index (κ3) is 12.2. The van der Waals surface area contributed by atoms with Gasteiger partial charge in [0.05, 0.1) is 28.1 Å². The van der Waals surface area contributed by atoms with Crippen molar-refractivity contribution in [2.45, 2.75) is 31.5 Å².